The van der Waals surface area contributed by atoms with Crippen LogP contribution in [0.25, 0.3) is 0 Å². The molecule has 8 nitrogen and oxygen atoms in total. The second kappa shape index (κ2) is 8.31. The molecule has 2 heterocycles. The van der Waals surface area contributed by atoms with Crippen molar-refractivity contribution in [1.29, 1.82) is 0 Å². The molecule has 1 unspecified atom stereocenters. The fraction of sp³-hybridized carbons (Fsp3) is 0.160. The molecule has 0 fully saturated rings. The van der Waals surface area contributed by atoms with E-state index in [9.17, 15) is 9.59 Å². The highest BCUT2D eigenvalue weighted by atomic mass is 16.7. The van der Waals surface area contributed by atoms with Crippen molar-refractivity contribution in [1.82, 2.24) is 5.01 Å². The topological polar surface area (TPSA) is 92.3 Å². The van der Waals surface area contributed by atoms with Crippen LogP contribution in [0.1, 0.15) is 36.6 Å². The fourth-order valence-corrected chi connectivity index (χ4v) is 3.94. The first-order valence-corrected chi connectivity index (χ1v) is 10.6. The quantitative estimate of drug-likeness (QED) is 0.613. The van der Waals surface area contributed by atoms with E-state index in [2.05, 4.69) is 10.6 Å². The molecular formula is C25H22N4O4. The number of hydrogen-bond donors (Lipinski definition) is 2. The normalized spacial score (nSPS) is 16.0. The van der Waals surface area contributed by atoms with Gasteiger partial charge < -0.3 is 20.1 Å². The Bertz CT molecular complexity index is 1260. The van der Waals surface area contributed by atoms with Crippen LogP contribution in [0.2, 0.25) is 0 Å². The van der Waals surface area contributed by atoms with Crippen LogP contribution < -0.4 is 20.1 Å². The summed E-state index contributed by atoms with van der Waals surface area (Å²) >= 11 is 0. The van der Waals surface area contributed by atoms with Gasteiger partial charge in [-0.05, 0) is 48.9 Å². The number of rotatable bonds is 3. The van der Waals surface area contributed by atoms with Gasteiger partial charge in [-0.2, -0.15) is 5.10 Å². The van der Waals surface area contributed by atoms with Gasteiger partial charge in [0.05, 0.1) is 11.8 Å². The molecule has 3 aromatic rings. The number of hydrazone groups is 1. The molecule has 0 spiro atoms. The number of ether oxygens (including phenoxy) is 2. The molecule has 2 aliphatic heterocycles. The zero-order chi connectivity index (χ0) is 22.9. The number of hydrogen-bond acceptors (Lipinski definition) is 5. The van der Waals surface area contributed by atoms with E-state index >= 15 is 0 Å². The zero-order valence-electron chi connectivity index (χ0n) is 18.2. The highest BCUT2D eigenvalue weighted by Gasteiger charge is 2.33. The molecule has 0 saturated carbocycles. The first-order valence-electron chi connectivity index (χ1n) is 10.6. The largest absolute Gasteiger partial charge is 0.454 e. The summed E-state index contributed by atoms with van der Waals surface area (Å²) in [5.74, 6) is 1.14. The number of nitrogens with one attached hydrogen (secondary N) is 2. The van der Waals surface area contributed by atoms with Gasteiger partial charge in [-0.1, -0.05) is 30.3 Å². The third kappa shape index (κ3) is 3.98. The Balaban J connectivity index is 1.56. The van der Waals surface area contributed by atoms with E-state index in [0.29, 0.717) is 28.6 Å². The number of carbonyl (C=O) groups is 2. The van der Waals surface area contributed by atoms with Gasteiger partial charge in [0.1, 0.15) is 0 Å². The molecule has 0 aliphatic carbocycles. The van der Waals surface area contributed by atoms with Crippen LogP contribution >= 0.6 is 0 Å². The van der Waals surface area contributed by atoms with Crippen molar-refractivity contribution in [3.8, 4) is 11.5 Å². The smallest absolute Gasteiger partial charge is 0.342 e. The highest BCUT2D eigenvalue weighted by Crippen LogP contribution is 2.41. The summed E-state index contributed by atoms with van der Waals surface area (Å²) in [6.45, 7) is 3.54. The molecule has 3 amide bonds. The minimum atomic E-state index is -0.343. The second-order valence-electron chi connectivity index (χ2n) is 7.82. The number of carbonyl (C=O) groups excluding carboxylic acids is 2. The maximum atomic E-state index is 13.2. The first-order chi connectivity index (χ1) is 16.0. The lowest BCUT2D eigenvalue weighted by molar-refractivity contribution is -0.114. The summed E-state index contributed by atoms with van der Waals surface area (Å²) in [6.07, 6.45) is 0. The van der Waals surface area contributed by atoms with E-state index in [1.807, 2.05) is 61.5 Å². The Morgan fingerprint density at radius 2 is 1.61 bits per heavy atom. The molecule has 8 heteroatoms. The molecule has 0 aromatic heterocycles. The molecule has 3 aromatic carbocycles. The molecule has 0 saturated heterocycles. The van der Waals surface area contributed by atoms with Gasteiger partial charge in [-0.3, -0.25) is 4.79 Å². The van der Waals surface area contributed by atoms with E-state index in [-0.39, 0.29) is 24.8 Å². The third-order valence-electron chi connectivity index (χ3n) is 5.54. The lowest BCUT2D eigenvalue weighted by Crippen LogP contribution is -2.37. The van der Waals surface area contributed by atoms with Crippen molar-refractivity contribution in [2.24, 2.45) is 5.10 Å². The van der Waals surface area contributed by atoms with Gasteiger partial charge in [0.25, 0.3) is 0 Å². The minimum absolute atomic E-state index is 0.145. The van der Waals surface area contributed by atoms with Crippen LogP contribution in [-0.2, 0) is 4.79 Å². The summed E-state index contributed by atoms with van der Waals surface area (Å²) in [5.41, 5.74) is 4.55. The minimum Gasteiger partial charge on any atom is -0.454 e. The Morgan fingerprint density at radius 1 is 0.939 bits per heavy atom. The molecular weight excluding hydrogens is 420 g/mol. The fourth-order valence-electron chi connectivity index (χ4n) is 3.94. The van der Waals surface area contributed by atoms with Crippen molar-refractivity contribution < 1.29 is 19.1 Å². The average molecular weight is 442 g/mol. The summed E-state index contributed by atoms with van der Waals surface area (Å²) in [6, 6.07) is 19.7. The Morgan fingerprint density at radius 3 is 2.30 bits per heavy atom. The molecule has 5 rings (SSSR count). The Hall–Kier alpha value is -4.33. The Kier molecular flexibility index (Phi) is 5.18. The second-order valence-corrected chi connectivity index (χ2v) is 7.82. The maximum absolute atomic E-state index is 13.2. The van der Waals surface area contributed by atoms with Gasteiger partial charge in [-0.25, -0.2) is 9.80 Å². The number of urea groups is 1. The average Bonchev–Trinajstić information content (AvgIpc) is 3.27. The van der Waals surface area contributed by atoms with Crippen LogP contribution in [-0.4, -0.2) is 29.5 Å². The monoisotopic (exact) mass is 442 g/mol. The van der Waals surface area contributed by atoms with E-state index in [4.69, 9.17) is 14.6 Å². The van der Waals surface area contributed by atoms with Crippen LogP contribution in [0, 0.1) is 0 Å². The predicted octanol–water partition coefficient (Wildman–Crippen LogP) is 4.73. The van der Waals surface area contributed by atoms with E-state index in [0.717, 1.165) is 16.7 Å². The summed E-state index contributed by atoms with van der Waals surface area (Å²) in [5, 5.41) is 11.8. The van der Waals surface area contributed by atoms with Crippen LogP contribution in [0.5, 0.6) is 11.5 Å². The van der Waals surface area contributed by atoms with E-state index in [1.165, 1.54) is 11.9 Å². The lowest BCUT2D eigenvalue weighted by Gasteiger charge is -2.32. The predicted molar refractivity (Wildman–Crippen MR) is 125 cm³/mol. The molecule has 2 aliphatic rings. The number of benzene rings is 3. The van der Waals surface area contributed by atoms with E-state index < -0.39 is 0 Å². The molecule has 166 valence electrons. The van der Waals surface area contributed by atoms with Crippen molar-refractivity contribution in [2.45, 2.75) is 19.9 Å². The molecule has 33 heavy (non-hydrogen) atoms. The van der Waals surface area contributed by atoms with E-state index in [1.54, 1.807) is 12.1 Å². The number of nitrogens with zero attached hydrogens (tertiary/aromatic N) is 2. The third-order valence-corrected chi connectivity index (χ3v) is 5.54. The molecule has 0 bridgehead atoms. The number of amides is 3. The molecule has 0 radical (unpaired) electrons. The summed E-state index contributed by atoms with van der Waals surface area (Å²) in [7, 11) is 0. The number of para-hydroxylation sites is 1. The van der Waals surface area contributed by atoms with Gasteiger partial charge in [-0.15, -0.1) is 0 Å². The Labute approximate surface area is 190 Å². The number of fused-ring (bicyclic) bond motifs is 2. The van der Waals surface area contributed by atoms with Crippen molar-refractivity contribution in [3.63, 3.8) is 0 Å². The van der Waals surface area contributed by atoms with Crippen LogP contribution in [0.15, 0.2) is 71.8 Å². The summed E-state index contributed by atoms with van der Waals surface area (Å²) in [4.78, 5) is 24.5. The van der Waals surface area contributed by atoms with Crippen molar-refractivity contribution >= 4 is 29.0 Å². The van der Waals surface area contributed by atoms with Gasteiger partial charge >= 0.3 is 6.03 Å². The van der Waals surface area contributed by atoms with Gasteiger partial charge in [0.15, 0.2) is 11.5 Å². The number of anilines is 2. The SMILES string of the molecule is CC(=O)Nc1ccc(C2=NN(C(=O)Nc3ccccc3)C(C)c3cc4c(cc32)OCO4)cc1. The van der Waals surface area contributed by atoms with Gasteiger partial charge in [0, 0.05) is 29.4 Å². The highest BCUT2D eigenvalue weighted by molar-refractivity contribution is 6.15. The standard InChI is InChI=1S/C25H22N4O4/c1-15-20-12-22-23(33-14-32-22)13-21(20)24(17-8-10-19(11-9-17)26-16(2)30)28-29(15)25(31)27-18-6-4-3-5-7-18/h3-13,15H,14H2,1-2H3,(H,26,30)(H,27,31). The van der Waals surface area contributed by atoms with Crippen molar-refractivity contribution in [2.75, 3.05) is 17.4 Å². The zero-order valence-corrected chi connectivity index (χ0v) is 18.2. The van der Waals surface area contributed by atoms with Crippen LogP contribution in [0.3, 0.4) is 0 Å². The molecule has 2 N–H and O–H groups in total. The molecule has 1 atom stereocenters. The van der Waals surface area contributed by atoms with Crippen LogP contribution in [0.4, 0.5) is 16.2 Å². The lowest BCUT2D eigenvalue weighted by atomic mass is 9.91. The summed E-state index contributed by atoms with van der Waals surface area (Å²) < 4.78 is 11.2. The maximum Gasteiger partial charge on any atom is 0.342 e. The van der Waals surface area contributed by atoms with Gasteiger partial charge in [0.2, 0.25) is 12.7 Å². The first kappa shape index (κ1) is 20.6. The van der Waals surface area contributed by atoms with Crippen molar-refractivity contribution in [3.05, 3.63) is 83.4 Å².